The fraction of sp³-hybridized carbons (Fsp3) is 0.222. The van der Waals surface area contributed by atoms with Gasteiger partial charge in [-0.1, -0.05) is 37.3 Å². The van der Waals surface area contributed by atoms with Crippen LogP contribution in [0.3, 0.4) is 0 Å². The molecule has 1 rings (SSSR count). The van der Waals surface area contributed by atoms with Crippen molar-refractivity contribution < 1.29 is 4.92 Å². The highest BCUT2D eigenvalue weighted by Crippen LogP contribution is 2.17. The molecule has 3 heteroatoms. The van der Waals surface area contributed by atoms with Crippen molar-refractivity contribution in [3.8, 4) is 0 Å². The second-order valence-electron chi connectivity index (χ2n) is 2.42. The van der Waals surface area contributed by atoms with Gasteiger partial charge < -0.3 is 0 Å². The molecule has 1 aromatic rings. The molecule has 0 spiro atoms. The maximum atomic E-state index is 10.5. The summed E-state index contributed by atoms with van der Waals surface area (Å²) >= 11 is 0. The first kappa shape index (κ1) is 8.71. The summed E-state index contributed by atoms with van der Waals surface area (Å²) in [6, 6.07) is 9.22. The lowest BCUT2D eigenvalue weighted by molar-refractivity contribution is -0.460. The maximum Gasteiger partial charge on any atom is 0.319 e. The largest absolute Gasteiger partial charge is 0.319 e. The van der Waals surface area contributed by atoms with E-state index in [0.29, 0.717) is 12.0 Å². The van der Waals surface area contributed by atoms with Gasteiger partial charge in [0.15, 0.2) is 0 Å². The van der Waals surface area contributed by atoms with Gasteiger partial charge in [-0.15, -0.1) is 0 Å². The van der Waals surface area contributed by atoms with Crippen LogP contribution in [0.1, 0.15) is 18.9 Å². The number of hydrogen-bond donors (Lipinski definition) is 0. The molecule has 63 valence electrons. The Morgan fingerprint density at radius 3 is 2.42 bits per heavy atom. The Balaban J connectivity index is 2.88. The Bertz CT molecular complexity index is 258. The first-order valence-electron chi connectivity index (χ1n) is 3.81. The summed E-state index contributed by atoms with van der Waals surface area (Å²) in [6.45, 7) is 1.78. The Labute approximate surface area is 71.2 Å². The first-order valence-corrected chi connectivity index (χ1v) is 3.81. The van der Waals surface area contributed by atoms with Crippen LogP contribution in [0.25, 0.3) is 0 Å². The molecule has 0 fully saturated rings. The minimum Gasteiger partial charge on any atom is -0.263 e. The molecule has 0 aliphatic rings. The predicted molar refractivity (Wildman–Crippen MR) is 46.1 cm³/mol. The predicted octanol–water partition coefficient (Wildman–Crippen LogP) is 2.25. The molecule has 1 radical (unpaired) electrons. The van der Waals surface area contributed by atoms with Crippen molar-refractivity contribution in [2.24, 2.45) is 0 Å². The third-order valence-corrected chi connectivity index (χ3v) is 1.66. The highest BCUT2D eigenvalue weighted by atomic mass is 16.6. The van der Waals surface area contributed by atoms with Gasteiger partial charge >= 0.3 is 6.04 Å². The molecule has 0 bridgehead atoms. The van der Waals surface area contributed by atoms with E-state index in [1.54, 1.807) is 31.2 Å². The average Bonchev–Trinajstić information content (AvgIpc) is 2.07. The van der Waals surface area contributed by atoms with Gasteiger partial charge in [0, 0.05) is 16.9 Å². The molecule has 0 saturated carbocycles. The molecule has 0 amide bonds. The van der Waals surface area contributed by atoms with Crippen LogP contribution in [-0.2, 0) is 0 Å². The lowest BCUT2D eigenvalue weighted by atomic mass is 10.1. The summed E-state index contributed by atoms with van der Waals surface area (Å²) < 4.78 is 0. The standard InChI is InChI=1S/C9H10NO2/c1-2-9(10(11)12)8-6-4-3-5-7-8/h3-7H,2H2,1H3. The fourth-order valence-electron chi connectivity index (χ4n) is 1.07. The molecule has 0 N–H and O–H groups in total. The molecular formula is C9H10NO2. The van der Waals surface area contributed by atoms with Crippen molar-refractivity contribution in [3.05, 3.63) is 52.1 Å². The topological polar surface area (TPSA) is 43.1 Å². The normalized spacial score (nSPS) is 10.2. The molecule has 0 atom stereocenters. The summed E-state index contributed by atoms with van der Waals surface area (Å²) in [4.78, 5) is 10.2. The van der Waals surface area contributed by atoms with E-state index in [9.17, 15) is 10.1 Å². The van der Waals surface area contributed by atoms with Gasteiger partial charge in [-0.05, 0) is 0 Å². The van der Waals surface area contributed by atoms with Crippen molar-refractivity contribution in [2.45, 2.75) is 13.3 Å². The Kier molecular flexibility index (Phi) is 2.80. The zero-order chi connectivity index (χ0) is 8.97. The summed E-state index contributed by atoms with van der Waals surface area (Å²) in [6.07, 6.45) is 0.455. The SMILES string of the molecule is CC[C](c1ccccc1)[N+](=O)[O-]. The molecule has 12 heavy (non-hydrogen) atoms. The van der Waals surface area contributed by atoms with E-state index in [0.717, 1.165) is 0 Å². The Morgan fingerprint density at radius 2 is 2.00 bits per heavy atom. The van der Waals surface area contributed by atoms with Gasteiger partial charge in [-0.2, -0.15) is 0 Å². The molecule has 0 unspecified atom stereocenters. The summed E-state index contributed by atoms with van der Waals surface area (Å²) in [5.41, 5.74) is 0.699. The van der Waals surface area contributed by atoms with Crippen molar-refractivity contribution in [1.29, 1.82) is 0 Å². The average molecular weight is 164 g/mol. The third-order valence-electron chi connectivity index (χ3n) is 1.66. The number of benzene rings is 1. The van der Waals surface area contributed by atoms with Crippen molar-refractivity contribution >= 4 is 0 Å². The van der Waals surface area contributed by atoms with Gasteiger partial charge in [0.2, 0.25) is 0 Å². The van der Waals surface area contributed by atoms with Crippen LogP contribution >= 0.6 is 0 Å². The highest BCUT2D eigenvalue weighted by Gasteiger charge is 2.22. The minimum absolute atomic E-state index is 0.274. The number of nitro groups is 1. The Morgan fingerprint density at radius 1 is 1.42 bits per heavy atom. The van der Waals surface area contributed by atoms with Crippen LogP contribution < -0.4 is 0 Å². The van der Waals surface area contributed by atoms with Gasteiger partial charge in [0.1, 0.15) is 0 Å². The van der Waals surface area contributed by atoms with Gasteiger partial charge in [-0.25, -0.2) is 0 Å². The molecular weight excluding hydrogens is 154 g/mol. The van der Waals surface area contributed by atoms with Crippen LogP contribution in [0.5, 0.6) is 0 Å². The van der Waals surface area contributed by atoms with E-state index in [2.05, 4.69) is 0 Å². The van der Waals surface area contributed by atoms with Gasteiger partial charge in [0.05, 0.1) is 0 Å². The van der Waals surface area contributed by atoms with Crippen LogP contribution in [0, 0.1) is 16.2 Å². The van der Waals surface area contributed by atoms with E-state index in [1.807, 2.05) is 6.07 Å². The van der Waals surface area contributed by atoms with Crippen LogP contribution in [0.2, 0.25) is 0 Å². The quantitative estimate of drug-likeness (QED) is 0.508. The molecule has 0 heterocycles. The second-order valence-corrected chi connectivity index (χ2v) is 2.42. The third kappa shape index (κ3) is 1.81. The highest BCUT2D eigenvalue weighted by molar-refractivity contribution is 5.25. The molecule has 0 aliphatic carbocycles. The smallest absolute Gasteiger partial charge is 0.263 e. The van der Waals surface area contributed by atoms with E-state index < -0.39 is 0 Å². The Hall–Kier alpha value is -1.38. The van der Waals surface area contributed by atoms with Crippen molar-refractivity contribution in [2.75, 3.05) is 0 Å². The van der Waals surface area contributed by atoms with Gasteiger partial charge in [0.25, 0.3) is 0 Å². The number of rotatable bonds is 3. The summed E-state index contributed by atoms with van der Waals surface area (Å²) in [5.74, 6) is 0. The monoisotopic (exact) mass is 164 g/mol. The molecule has 3 nitrogen and oxygen atoms in total. The van der Waals surface area contributed by atoms with Crippen LogP contribution in [0.4, 0.5) is 0 Å². The zero-order valence-corrected chi connectivity index (χ0v) is 6.86. The van der Waals surface area contributed by atoms with E-state index >= 15 is 0 Å². The zero-order valence-electron chi connectivity index (χ0n) is 6.86. The number of nitrogens with zero attached hydrogens (tertiary/aromatic N) is 1. The lowest BCUT2D eigenvalue weighted by Crippen LogP contribution is -2.09. The number of hydrogen-bond acceptors (Lipinski definition) is 2. The molecule has 1 aromatic carbocycles. The lowest BCUT2D eigenvalue weighted by Gasteiger charge is -2.02. The first-order chi connectivity index (χ1) is 5.75. The van der Waals surface area contributed by atoms with E-state index in [-0.39, 0.29) is 11.0 Å². The van der Waals surface area contributed by atoms with Crippen molar-refractivity contribution in [1.82, 2.24) is 0 Å². The molecule has 0 aliphatic heterocycles. The van der Waals surface area contributed by atoms with Crippen LogP contribution in [0.15, 0.2) is 30.3 Å². The molecule has 0 saturated heterocycles. The molecule has 0 aromatic heterocycles. The van der Waals surface area contributed by atoms with E-state index in [4.69, 9.17) is 0 Å². The van der Waals surface area contributed by atoms with E-state index in [1.165, 1.54) is 0 Å². The maximum absolute atomic E-state index is 10.5. The van der Waals surface area contributed by atoms with Gasteiger partial charge in [-0.3, -0.25) is 10.1 Å². The van der Waals surface area contributed by atoms with Crippen LogP contribution in [-0.4, -0.2) is 4.92 Å². The summed E-state index contributed by atoms with van der Waals surface area (Å²) in [7, 11) is 0. The fourth-order valence-corrected chi connectivity index (χ4v) is 1.07. The van der Waals surface area contributed by atoms with Crippen molar-refractivity contribution in [3.63, 3.8) is 0 Å². The minimum atomic E-state index is -0.324. The summed E-state index contributed by atoms with van der Waals surface area (Å²) in [5, 5.41) is 10.5. The second kappa shape index (κ2) is 3.85.